The first-order valence-corrected chi connectivity index (χ1v) is 8.20. The molecule has 1 heterocycles. The summed E-state index contributed by atoms with van der Waals surface area (Å²) in [6, 6.07) is 9.17. The first kappa shape index (κ1) is 17.3. The summed E-state index contributed by atoms with van der Waals surface area (Å²) in [6.45, 7) is 0.880. The van der Waals surface area contributed by atoms with E-state index in [2.05, 4.69) is 11.4 Å². The Balaban J connectivity index is 1.97. The quantitative estimate of drug-likeness (QED) is 0.836. The van der Waals surface area contributed by atoms with Crippen molar-refractivity contribution in [1.82, 2.24) is 0 Å². The van der Waals surface area contributed by atoms with Gasteiger partial charge in [-0.05, 0) is 29.6 Å². The van der Waals surface area contributed by atoms with Gasteiger partial charge in [-0.1, -0.05) is 11.6 Å². The van der Waals surface area contributed by atoms with Gasteiger partial charge in [-0.3, -0.25) is 4.79 Å². The molecule has 1 amide bonds. The number of rotatable bonds is 6. The zero-order chi connectivity index (χ0) is 16.8. The van der Waals surface area contributed by atoms with E-state index in [1.807, 2.05) is 19.2 Å². The number of methoxy groups -OCH3 is 1. The van der Waals surface area contributed by atoms with E-state index in [4.69, 9.17) is 21.6 Å². The molecule has 0 fully saturated rings. The van der Waals surface area contributed by atoms with E-state index in [9.17, 15) is 4.79 Å². The van der Waals surface area contributed by atoms with Gasteiger partial charge in [0.05, 0.1) is 19.7 Å². The first-order valence-electron chi connectivity index (χ1n) is 6.94. The number of thiophene rings is 1. The molecule has 2 N–H and O–H groups in total. The molecule has 0 aliphatic heterocycles. The van der Waals surface area contributed by atoms with Crippen molar-refractivity contribution in [1.29, 1.82) is 5.26 Å². The second-order valence-corrected chi connectivity index (χ2v) is 6.44. The molecule has 23 heavy (non-hydrogen) atoms. The van der Waals surface area contributed by atoms with Crippen LogP contribution in [0.1, 0.15) is 11.1 Å². The number of halogens is 1. The molecule has 0 spiro atoms. The summed E-state index contributed by atoms with van der Waals surface area (Å²) in [6.07, 6.45) is 0. The van der Waals surface area contributed by atoms with Crippen LogP contribution in [0.3, 0.4) is 0 Å². The predicted molar refractivity (Wildman–Crippen MR) is 91.1 cm³/mol. The van der Waals surface area contributed by atoms with Crippen LogP contribution in [0.5, 0.6) is 5.75 Å². The van der Waals surface area contributed by atoms with Crippen molar-refractivity contribution in [2.75, 3.05) is 26.0 Å². The Morgan fingerprint density at radius 2 is 2.26 bits per heavy atom. The molecule has 1 aromatic carbocycles. The summed E-state index contributed by atoms with van der Waals surface area (Å²) < 4.78 is 5.31. The third-order valence-electron chi connectivity index (χ3n) is 3.24. The van der Waals surface area contributed by atoms with Crippen LogP contribution in [0.4, 0.5) is 5.00 Å². The lowest BCUT2D eigenvalue weighted by Gasteiger charge is -2.15. The minimum Gasteiger partial charge on any atom is -0.496 e. The van der Waals surface area contributed by atoms with Gasteiger partial charge in [-0.15, -0.1) is 11.3 Å². The number of anilines is 1. The van der Waals surface area contributed by atoms with Crippen molar-refractivity contribution in [2.24, 2.45) is 0 Å². The molecule has 0 bridgehead atoms. The van der Waals surface area contributed by atoms with Crippen LogP contribution in [0.25, 0.3) is 0 Å². The molecule has 0 saturated carbocycles. The zero-order valence-electron chi connectivity index (χ0n) is 12.9. The molecule has 1 unspecified atom stereocenters. The van der Waals surface area contributed by atoms with E-state index in [0.29, 0.717) is 22.1 Å². The minimum atomic E-state index is -0.137. The molecule has 0 aliphatic rings. The maximum atomic E-state index is 12.1. The van der Waals surface area contributed by atoms with Gasteiger partial charge < -0.3 is 15.0 Å². The second kappa shape index (κ2) is 7.97. The Bertz CT molecular complexity index is 739. The van der Waals surface area contributed by atoms with Crippen molar-refractivity contribution < 1.29 is 14.4 Å². The Morgan fingerprint density at radius 3 is 2.96 bits per heavy atom. The summed E-state index contributed by atoms with van der Waals surface area (Å²) in [5.74, 6) is 0.613. The van der Waals surface area contributed by atoms with E-state index in [-0.39, 0.29) is 12.5 Å². The summed E-state index contributed by atoms with van der Waals surface area (Å²) in [5, 5.41) is 14.7. The SMILES string of the molecule is COc1ccc(Cl)cc1C[NH+](C)CC(=O)Nc1sccc1C#N. The molecule has 2 rings (SSSR count). The number of nitrogens with zero attached hydrogens (tertiary/aromatic N) is 1. The smallest absolute Gasteiger partial charge is 0.280 e. The third-order valence-corrected chi connectivity index (χ3v) is 4.30. The Labute approximate surface area is 144 Å². The van der Waals surface area contributed by atoms with Gasteiger partial charge >= 0.3 is 0 Å². The molecule has 1 atom stereocenters. The molecular formula is C16H17ClN3O2S+. The number of quaternary nitrogens is 1. The van der Waals surface area contributed by atoms with Crippen molar-refractivity contribution >= 4 is 33.8 Å². The van der Waals surface area contributed by atoms with Crippen LogP contribution in [0, 0.1) is 11.3 Å². The van der Waals surface area contributed by atoms with E-state index >= 15 is 0 Å². The van der Waals surface area contributed by atoms with Crippen LogP contribution in [-0.4, -0.2) is 26.6 Å². The molecule has 0 radical (unpaired) electrons. The van der Waals surface area contributed by atoms with Crippen LogP contribution < -0.4 is 15.0 Å². The van der Waals surface area contributed by atoms with Gasteiger partial charge in [0.2, 0.25) is 0 Å². The van der Waals surface area contributed by atoms with E-state index < -0.39 is 0 Å². The molecule has 7 heteroatoms. The van der Waals surface area contributed by atoms with Gasteiger partial charge in [0, 0.05) is 10.6 Å². The fourth-order valence-electron chi connectivity index (χ4n) is 2.21. The number of hydrogen-bond donors (Lipinski definition) is 2. The maximum Gasteiger partial charge on any atom is 0.280 e. The highest BCUT2D eigenvalue weighted by Crippen LogP contribution is 2.22. The Morgan fingerprint density at radius 1 is 1.48 bits per heavy atom. The zero-order valence-corrected chi connectivity index (χ0v) is 14.4. The predicted octanol–water partition coefficient (Wildman–Crippen LogP) is 1.94. The fourth-order valence-corrected chi connectivity index (χ4v) is 3.16. The number of nitriles is 1. The van der Waals surface area contributed by atoms with Crippen LogP contribution >= 0.6 is 22.9 Å². The summed E-state index contributed by atoms with van der Waals surface area (Å²) in [4.78, 5) is 13.1. The van der Waals surface area contributed by atoms with E-state index in [0.717, 1.165) is 16.2 Å². The number of carbonyl (C=O) groups excluding carboxylic acids is 1. The van der Waals surface area contributed by atoms with Gasteiger partial charge in [-0.2, -0.15) is 5.26 Å². The lowest BCUT2D eigenvalue weighted by molar-refractivity contribution is -0.885. The number of benzene rings is 1. The normalized spacial score (nSPS) is 11.6. The van der Waals surface area contributed by atoms with E-state index in [1.54, 1.807) is 24.6 Å². The maximum absolute atomic E-state index is 12.1. The molecule has 5 nitrogen and oxygen atoms in total. The lowest BCUT2D eigenvalue weighted by Crippen LogP contribution is -3.08. The van der Waals surface area contributed by atoms with Crippen molar-refractivity contribution in [3.8, 4) is 11.8 Å². The second-order valence-electron chi connectivity index (χ2n) is 5.09. The summed E-state index contributed by atoms with van der Waals surface area (Å²) >= 11 is 7.36. The number of nitrogens with one attached hydrogen (secondary N) is 2. The molecule has 0 saturated heterocycles. The summed E-state index contributed by atoms with van der Waals surface area (Å²) in [7, 11) is 3.52. The standard InChI is InChI=1S/C16H16ClN3O2S/c1-20(9-12-7-13(17)3-4-14(12)22-2)10-15(21)19-16-11(8-18)5-6-23-16/h3-7H,9-10H2,1-2H3,(H,19,21)/p+1. The highest BCUT2D eigenvalue weighted by Gasteiger charge is 2.15. The molecule has 1 aromatic heterocycles. The molecule has 0 aliphatic carbocycles. The van der Waals surface area contributed by atoms with Crippen molar-refractivity contribution in [2.45, 2.75) is 6.54 Å². The van der Waals surface area contributed by atoms with Gasteiger partial charge in [0.1, 0.15) is 23.4 Å². The lowest BCUT2D eigenvalue weighted by atomic mass is 10.2. The Kier molecular flexibility index (Phi) is 5.99. The molecule has 120 valence electrons. The molecular weight excluding hydrogens is 334 g/mol. The number of amides is 1. The highest BCUT2D eigenvalue weighted by molar-refractivity contribution is 7.14. The number of carbonyl (C=O) groups is 1. The van der Waals surface area contributed by atoms with Crippen LogP contribution in [0.2, 0.25) is 5.02 Å². The van der Waals surface area contributed by atoms with Gasteiger partial charge in [0.15, 0.2) is 6.54 Å². The average molecular weight is 351 g/mol. The fraction of sp³-hybridized carbons (Fsp3) is 0.250. The topological polar surface area (TPSA) is 66.6 Å². The van der Waals surface area contributed by atoms with Crippen molar-refractivity contribution in [3.63, 3.8) is 0 Å². The Hall–Kier alpha value is -2.07. The van der Waals surface area contributed by atoms with E-state index in [1.165, 1.54) is 11.3 Å². The van der Waals surface area contributed by atoms with Crippen molar-refractivity contribution in [3.05, 3.63) is 45.8 Å². The minimum absolute atomic E-state index is 0.137. The number of ether oxygens (including phenoxy) is 1. The average Bonchev–Trinajstić information content (AvgIpc) is 2.94. The van der Waals surface area contributed by atoms with Crippen LogP contribution in [0.15, 0.2) is 29.6 Å². The van der Waals surface area contributed by atoms with Gasteiger partial charge in [-0.25, -0.2) is 0 Å². The largest absolute Gasteiger partial charge is 0.496 e. The highest BCUT2D eigenvalue weighted by atomic mass is 35.5. The third kappa shape index (κ3) is 4.70. The van der Waals surface area contributed by atoms with Gasteiger partial charge in [0.25, 0.3) is 5.91 Å². The first-order chi connectivity index (χ1) is 11.0. The number of hydrogen-bond acceptors (Lipinski definition) is 4. The summed E-state index contributed by atoms with van der Waals surface area (Å²) in [5.41, 5.74) is 1.43. The van der Waals surface area contributed by atoms with Crippen LogP contribution in [-0.2, 0) is 11.3 Å². The monoisotopic (exact) mass is 350 g/mol. The molecule has 2 aromatic rings. The number of likely N-dealkylation sites (N-methyl/N-ethyl adjacent to an activating group) is 1.